The van der Waals surface area contributed by atoms with Gasteiger partial charge < -0.3 is 10.2 Å². The van der Waals surface area contributed by atoms with E-state index in [0.29, 0.717) is 5.56 Å². The number of amides is 1. The third-order valence-electron chi connectivity index (χ3n) is 3.42. The molecule has 2 aromatic rings. The molecular weight excluding hydrogens is 260 g/mol. The number of aryl methyl sites for hydroxylation is 1. The number of hydrogen-bond donors (Lipinski definition) is 1. The first-order valence-corrected chi connectivity index (χ1v) is 7.24. The zero-order chi connectivity index (χ0) is 15.6. The molecule has 0 aliphatic rings. The monoisotopic (exact) mass is 284 g/mol. The summed E-state index contributed by atoms with van der Waals surface area (Å²) in [7, 11) is 4.01. The maximum atomic E-state index is 12.4. The minimum absolute atomic E-state index is 0.0238. The predicted octanol–water partition coefficient (Wildman–Crippen LogP) is 3.22. The lowest BCUT2D eigenvalue weighted by atomic mass is 10.0. The lowest BCUT2D eigenvalue weighted by Crippen LogP contribution is -2.49. The topological polar surface area (TPSA) is 32.3 Å². The summed E-state index contributed by atoms with van der Waals surface area (Å²) in [5.74, 6) is -0.0238. The minimum Gasteiger partial charge on any atom is -0.346 e. The van der Waals surface area contributed by atoms with Gasteiger partial charge in [-0.05, 0) is 57.8 Å². The molecule has 3 nitrogen and oxygen atoms in total. The number of fused-ring (bicyclic) bond motifs is 1. The van der Waals surface area contributed by atoms with Crippen molar-refractivity contribution in [3.05, 3.63) is 47.5 Å². The Morgan fingerprint density at radius 3 is 2.38 bits per heavy atom. The van der Waals surface area contributed by atoms with Crippen molar-refractivity contribution in [2.45, 2.75) is 26.3 Å². The third-order valence-corrected chi connectivity index (χ3v) is 3.42. The van der Waals surface area contributed by atoms with E-state index in [0.717, 1.165) is 11.9 Å². The number of nitrogens with one attached hydrogen (secondary N) is 1. The first-order chi connectivity index (χ1) is 9.77. The molecule has 1 N–H and O–H groups in total. The van der Waals surface area contributed by atoms with Crippen molar-refractivity contribution in [1.82, 2.24) is 10.2 Å². The average Bonchev–Trinajstić information content (AvgIpc) is 2.35. The molecule has 0 heterocycles. The molecule has 21 heavy (non-hydrogen) atoms. The number of hydrogen-bond acceptors (Lipinski definition) is 2. The molecule has 0 saturated carbocycles. The fraction of sp³-hybridized carbons (Fsp3) is 0.389. The molecule has 0 spiro atoms. The molecule has 0 fully saturated rings. The highest BCUT2D eigenvalue weighted by atomic mass is 16.1. The number of nitrogens with zero attached hydrogens (tertiary/aromatic N) is 1. The maximum Gasteiger partial charge on any atom is 0.251 e. The molecule has 0 aromatic heterocycles. The van der Waals surface area contributed by atoms with E-state index in [1.807, 2.05) is 46.1 Å². The quantitative estimate of drug-likeness (QED) is 0.935. The highest BCUT2D eigenvalue weighted by Crippen LogP contribution is 2.18. The molecule has 0 radical (unpaired) electrons. The Hall–Kier alpha value is -1.87. The van der Waals surface area contributed by atoms with Crippen molar-refractivity contribution in [3.8, 4) is 0 Å². The van der Waals surface area contributed by atoms with E-state index in [2.05, 4.69) is 35.3 Å². The highest BCUT2D eigenvalue weighted by Gasteiger charge is 2.21. The average molecular weight is 284 g/mol. The summed E-state index contributed by atoms with van der Waals surface area (Å²) < 4.78 is 0. The lowest BCUT2D eigenvalue weighted by molar-refractivity contribution is 0.0900. The molecule has 2 rings (SSSR count). The Bertz CT molecular complexity index is 659. The Balaban J connectivity index is 2.21. The highest BCUT2D eigenvalue weighted by molar-refractivity contribution is 5.99. The number of carbonyl (C=O) groups is 1. The molecule has 0 unspecified atom stereocenters. The normalized spacial score (nSPS) is 11.9. The third kappa shape index (κ3) is 4.05. The Labute approximate surface area is 127 Å². The second-order valence-electron chi connectivity index (χ2n) is 6.64. The van der Waals surface area contributed by atoms with Crippen LogP contribution in [0.25, 0.3) is 10.8 Å². The van der Waals surface area contributed by atoms with Crippen LogP contribution in [0.2, 0.25) is 0 Å². The van der Waals surface area contributed by atoms with Crippen molar-refractivity contribution in [1.29, 1.82) is 0 Å². The summed E-state index contributed by atoms with van der Waals surface area (Å²) in [6, 6.07) is 12.1. The van der Waals surface area contributed by atoms with Gasteiger partial charge in [0.25, 0.3) is 5.91 Å². The van der Waals surface area contributed by atoms with Gasteiger partial charge in [-0.2, -0.15) is 0 Å². The summed E-state index contributed by atoms with van der Waals surface area (Å²) in [4.78, 5) is 14.5. The summed E-state index contributed by atoms with van der Waals surface area (Å²) in [5.41, 5.74) is 1.67. The van der Waals surface area contributed by atoms with Crippen molar-refractivity contribution in [3.63, 3.8) is 0 Å². The van der Waals surface area contributed by atoms with Gasteiger partial charge in [0.2, 0.25) is 0 Å². The molecule has 0 bridgehead atoms. The number of carbonyl (C=O) groups excluding carboxylic acids is 1. The molecule has 0 aliphatic heterocycles. The van der Waals surface area contributed by atoms with Gasteiger partial charge in [-0.15, -0.1) is 0 Å². The molecule has 0 aliphatic carbocycles. The zero-order valence-electron chi connectivity index (χ0n) is 13.5. The fourth-order valence-electron chi connectivity index (χ4n) is 2.72. The van der Waals surface area contributed by atoms with Crippen LogP contribution in [-0.4, -0.2) is 37.0 Å². The van der Waals surface area contributed by atoms with Gasteiger partial charge in [0.1, 0.15) is 0 Å². The van der Waals surface area contributed by atoms with Gasteiger partial charge >= 0.3 is 0 Å². The predicted molar refractivity (Wildman–Crippen MR) is 88.8 cm³/mol. The van der Waals surface area contributed by atoms with E-state index in [4.69, 9.17) is 0 Å². The molecule has 3 heteroatoms. The number of benzene rings is 2. The fourth-order valence-corrected chi connectivity index (χ4v) is 2.72. The molecule has 112 valence electrons. The van der Waals surface area contributed by atoms with Crippen LogP contribution in [0.1, 0.15) is 29.8 Å². The molecular formula is C18H24N2O. The molecule has 0 saturated heterocycles. The largest absolute Gasteiger partial charge is 0.346 e. The Morgan fingerprint density at radius 1 is 1.10 bits per heavy atom. The molecule has 0 atom stereocenters. The van der Waals surface area contributed by atoms with Crippen LogP contribution in [0.5, 0.6) is 0 Å². The van der Waals surface area contributed by atoms with E-state index >= 15 is 0 Å². The Morgan fingerprint density at radius 2 is 1.71 bits per heavy atom. The van der Waals surface area contributed by atoms with E-state index in [1.54, 1.807) is 0 Å². The van der Waals surface area contributed by atoms with Gasteiger partial charge in [0.15, 0.2) is 0 Å². The standard InChI is InChI=1S/C18H24N2O/c1-13-6-7-15-11-16(9-8-14(15)10-13)17(21)19-18(2,3)12-20(4)5/h6-11H,12H2,1-5H3,(H,19,21). The van der Waals surface area contributed by atoms with Crippen LogP contribution >= 0.6 is 0 Å². The van der Waals surface area contributed by atoms with E-state index < -0.39 is 0 Å². The van der Waals surface area contributed by atoms with Crippen LogP contribution in [0.4, 0.5) is 0 Å². The number of rotatable bonds is 4. The van der Waals surface area contributed by atoms with E-state index in [9.17, 15) is 4.79 Å². The summed E-state index contributed by atoms with van der Waals surface area (Å²) in [6.45, 7) is 6.94. The summed E-state index contributed by atoms with van der Waals surface area (Å²) in [5, 5.41) is 5.36. The maximum absolute atomic E-state index is 12.4. The van der Waals surface area contributed by atoms with Crippen molar-refractivity contribution in [2.75, 3.05) is 20.6 Å². The zero-order valence-corrected chi connectivity index (χ0v) is 13.5. The minimum atomic E-state index is -0.261. The van der Waals surface area contributed by atoms with Crippen molar-refractivity contribution >= 4 is 16.7 Å². The first-order valence-electron chi connectivity index (χ1n) is 7.24. The van der Waals surface area contributed by atoms with Gasteiger partial charge in [0, 0.05) is 17.6 Å². The van der Waals surface area contributed by atoms with E-state index in [-0.39, 0.29) is 11.4 Å². The molecule has 1 amide bonds. The van der Waals surface area contributed by atoms with Crippen LogP contribution in [0.3, 0.4) is 0 Å². The van der Waals surface area contributed by atoms with Crippen LogP contribution in [0.15, 0.2) is 36.4 Å². The summed E-state index contributed by atoms with van der Waals surface area (Å²) >= 11 is 0. The lowest BCUT2D eigenvalue weighted by Gasteiger charge is -2.29. The second-order valence-corrected chi connectivity index (χ2v) is 6.64. The smallest absolute Gasteiger partial charge is 0.251 e. The van der Waals surface area contributed by atoms with Gasteiger partial charge in [-0.25, -0.2) is 0 Å². The van der Waals surface area contributed by atoms with Crippen LogP contribution in [-0.2, 0) is 0 Å². The van der Waals surface area contributed by atoms with Gasteiger partial charge in [0.05, 0.1) is 0 Å². The second kappa shape index (κ2) is 5.86. The van der Waals surface area contributed by atoms with Crippen molar-refractivity contribution in [2.24, 2.45) is 0 Å². The summed E-state index contributed by atoms with van der Waals surface area (Å²) in [6.07, 6.45) is 0. The van der Waals surface area contributed by atoms with Gasteiger partial charge in [-0.1, -0.05) is 29.8 Å². The van der Waals surface area contributed by atoms with E-state index in [1.165, 1.54) is 10.9 Å². The van der Waals surface area contributed by atoms with Crippen molar-refractivity contribution < 1.29 is 4.79 Å². The SMILES string of the molecule is Cc1ccc2cc(C(=O)NC(C)(C)CN(C)C)ccc2c1. The Kier molecular flexibility index (Phi) is 4.33. The van der Waals surface area contributed by atoms with Gasteiger partial charge in [-0.3, -0.25) is 4.79 Å². The van der Waals surface area contributed by atoms with Crippen LogP contribution < -0.4 is 5.32 Å². The first kappa shape index (κ1) is 15.5. The molecule has 2 aromatic carbocycles. The number of likely N-dealkylation sites (N-methyl/N-ethyl adjacent to an activating group) is 1. The van der Waals surface area contributed by atoms with Crippen LogP contribution in [0, 0.1) is 6.92 Å².